The van der Waals surface area contributed by atoms with Crippen molar-refractivity contribution < 1.29 is 11.3 Å². The fourth-order valence-corrected chi connectivity index (χ4v) is 6.24. The number of nitrogens with zero attached hydrogens (tertiary/aromatic N) is 3. The van der Waals surface area contributed by atoms with Gasteiger partial charge in [-0.25, -0.2) is 15.0 Å². The Hall–Kier alpha value is -6.65. The first-order chi connectivity index (χ1) is 26.3. The number of furan rings is 1. The summed E-state index contributed by atoms with van der Waals surface area (Å²) in [6.07, 6.45) is 0. The van der Waals surface area contributed by atoms with Crippen molar-refractivity contribution in [1.29, 1.82) is 0 Å². The Balaban J connectivity index is 1.24. The molecule has 230 valence electrons. The van der Waals surface area contributed by atoms with E-state index in [9.17, 15) is 0 Å². The van der Waals surface area contributed by atoms with E-state index in [1.165, 1.54) is 0 Å². The molecule has 0 fully saturated rings. The Morgan fingerprint density at radius 1 is 0.388 bits per heavy atom. The first-order valence-corrected chi connectivity index (χ1v) is 15.9. The van der Waals surface area contributed by atoms with Crippen LogP contribution in [0.3, 0.4) is 0 Å². The Morgan fingerprint density at radius 3 is 1.65 bits per heavy atom. The Kier molecular flexibility index (Phi) is 5.87. The lowest BCUT2D eigenvalue weighted by Gasteiger charge is -2.10. The van der Waals surface area contributed by atoms with Crippen molar-refractivity contribution in [3.05, 3.63) is 176 Å². The van der Waals surface area contributed by atoms with E-state index >= 15 is 0 Å². The summed E-state index contributed by atoms with van der Waals surface area (Å²) in [5.74, 6) is 0.547. The van der Waals surface area contributed by atoms with Gasteiger partial charge in [0.2, 0.25) is 0 Å². The van der Waals surface area contributed by atoms with Crippen LogP contribution in [-0.2, 0) is 0 Å². The summed E-state index contributed by atoms with van der Waals surface area (Å²) in [5.41, 5.74) is 8.93. The summed E-state index contributed by atoms with van der Waals surface area (Å²) in [6.45, 7) is 0. The minimum Gasteiger partial charge on any atom is -0.456 e. The molecule has 9 rings (SSSR count). The van der Waals surface area contributed by atoms with Crippen LogP contribution in [0.2, 0.25) is 0 Å². The predicted octanol–water partition coefficient (Wildman–Crippen LogP) is 11.8. The highest BCUT2D eigenvalue weighted by molar-refractivity contribution is 6.12. The number of benzene rings is 7. The van der Waals surface area contributed by atoms with Crippen molar-refractivity contribution in [2.75, 3.05) is 0 Å². The molecule has 0 aliphatic carbocycles. The largest absolute Gasteiger partial charge is 0.456 e. The van der Waals surface area contributed by atoms with Crippen LogP contribution in [0.25, 0.3) is 89.5 Å². The number of fused-ring (bicyclic) bond motifs is 3. The SMILES string of the molecule is [2H]c1c([2H])c([2H])c(-c2nc(-c3ccc(-c4ccccc4)cc3)nc(-c3cccc4oc5ccc(-c6cccc(-c7ccccc7)c6)cc5c34)n2)c([2H])c1[2H]. The molecule has 0 amide bonds. The maximum Gasteiger partial charge on any atom is 0.164 e. The van der Waals surface area contributed by atoms with Crippen LogP contribution in [-0.4, -0.2) is 15.0 Å². The number of hydrogen-bond acceptors (Lipinski definition) is 4. The van der Waals surface area contributed by atoms with Gasteiger partial charge in [0.05, 0.1) is 6.85 Å². The standard InChI is InChI=1S/C45H29N3O/c1-4-12-30(13-5-1)32-22-24-34(25-23-32)44-46-43(33-16-8-3-9-17-33)47-45(48-44)38-20-11-21-41-42(38)39-29-37(26-27-40(39)49-41)36-19-10-18-35(28-36)31-14-6-2-7-15-31/h1-29H/i3D,8D,9D,16D,17D. The lowest BCUT2D eigenvalue weighted by molar-refractivity contribution is 0.669. The van der Waals surface area contributed by atoms with E-state index < -0.39 is 30.2 Å². The van der Waals surface area contributed by atoms with Crippen molar-refractivity contribution in [3.8, 4) is 67.5 Å². The molecule has 0 radical (unpaired) electrons. The number of rotatable bonds is 6. The highest BCUT2D eigenvalue weighted by Crippen LogP contribution is 2.39. The molecule has 2 heterocycles. The predicted molar refractivity (Wildman–Crippen MR) is 200 cm³/mol. The molecule has 0 aliphatic heterocycles. The van der Waals surface area contributed by atoms with E-state index in [-0.39, 0.29) is 17.2 Å². The molecule has 0 aliphatic rings. The second-order valence-corrected chi connectivity index (χ2v) is 11.7. The monoisotopic (exact) mass is 632 g/mol. The van der Waals surface area contributed by atoms with Crippen molar-refractivity contribution in [2.45, 2.75) is 0 Å². The highest BCUT2D eigenvalue weighted by Gasteiger charge is 2.18. The minimum atomic E-state index is -0.487. The van der Waals surface area contributed by atoms with Gasteiger partial charge < -0.3 is 4.42 Å². The molecule has 9 aromatic rings. The van der Waals surface area contributed by atoms with Gasteiger partial charge in [0.1, 0.15) is 11.2 Å². The van der Waals surface area contributed by atoms with Crippen LogP contribution in [0.15, 0.2) is 180 Å². The maximum absolute atomic E-state index is 8.75. The van der Waals surface area contributed by atoms with Gasteiger partial charge in [0, 0.05) is 27.5 Å². The van der Waals surface area contributed by atoms with Crippen LogP contribution in [0.1, 0.15) is 6.85 Å². The smallest absolute Gasteiger partial charge is 0.164 e. The molecule has 0 atom stereocenters. The van der Waals surface area contributed by atoms with Crippen LogP contribution in [0.5, 0.6) is 0 Å². The summed E-state index contributed by atoms with van der Waals surface area (Å²) in [6, 6.07) is 46.1. The maximum atomic E-state index is 8.75. The van der Waals surface area contributed by atoms with Crippen molar-refractivity contribution in [3.63, 3.8) is 0 Å². The molecule has 0 saturated carbocycles. The van der Waals surface area contributed by atoms with Crippen LogP contribution >= 0.6 is 0 Å². The average molecular weight is 633 g/mol. The topological polar surface area (TPSA) is 51.8 Å². The average Bonchev–Trinajstić information content (AvgIpc) is 3.61. The first kappa shape index (κ1) is 23.6. The molecule has 4 nitrogen and oxygen atoms in total. The zero-order valence-electron chi connectivity index (χ0n) is 31.1. The van der Waals surface area contributed by atoms with Gasteiger partial charge in [-0.1, -0.05) is 152 Å². The molecule has 7 aromatic carbocycles. The lowest BCUT2D eigenvalue weighted by atomic mass is 9.97. The van der Waals surface area contributed by atoms with Crippen molar-refractivity contribution in [2.24, 2.45) is 0 Å². The fraction of sp³-hybridized carbons (Fsp3) is 0. The van der Waals surface area contributed by atoms with Crippen molar-refractivity contribution >= 4 is 21.9 Å². The van der Waals surface area contributed by atoms with Crippen molar-refractivity contribution in [1.82, 2.24) is 15.0 Å². The van der Waals surface area contributed by atoms with Crippen LogP contribution in [0.4, 0.5) is 0 Å². The molecule has 0 N–H and O–H groups in total. The lowest BCUT2D eigenvalue weighted by Crippen LogP contribution is -2.00. The summed E-state index contributed by atoms with van der Waals surface area (Å²) >= 11 is 0. The zero-order valence-corrected chi connectivity index (χ0v) is 26.1. The van der Waals surface area contributed by atoms with E-state index in [0.29, 0.717) is 28.1 Å². The Bertz CT molecular complexity index is 2850. The van der Waals surface area contributed by atoms with Gasteiger partial charge >= 0.3 is 0 Å². The summed E-state index contributed by atoms with van der Waals surface area (Å²) in [5, 5.41) is 1.65. The molecule has 49 heavy (non-hydrogen) atoms. The quantitative estimate of drug-likeness (QED) is 0.183. The fourth-order valence-electron chi connectivity index (χ4n) is 6.24. The molecular formula is C45H29N3O. The third-order valence-electron chi connectivity index (χ3n) is 8.65. The molecule has 4 heteroatoms. The summed E-state index contributed by atoms with van der Waals surface area (Å²) in [4.78, 5) is 14.5. The summed E-state index contributed by atoms with van der Waals surface area (Å²) < 4.78 is 48.8. The second-order valence-electron chi connectivity index (χ2n) is 11.7. The Labute approximate surface area is 291 Å². The summed E-state index contributed by atoms with van der Waals surface area (Å²) in [7, 11) is 0. The van der Waals surface area contributed by atoms with Gasteiger partial charge in [-0.2, -0.15) is 0 Å². The normalized spacial score (nSPS) is 12.7. The number of aromatic nitrogens is 3. The Morgan fingerprint density at radius 2 is 0.918 bits per heavy atom. The van der Waals surface area contributed by atoms with Gasteiger partial charge in [0.25, 0.3) is 0 Å². The van der Waals surface area contributed by atoms with E-state index in [0.717, 1.165) is 44.2 Å². The minimum absolute atomic E-state index is 0.0256. The molecular weight excluding hydrogens is 599 g/mol. The van der Waals surface area contributed by atoms with Gasteiger partial charge in [-0.05, 0) is 57.6 Å². The van der Waals surface area contributed by atoms with E-state index in [1.807, 2.05) is 103 Å². The van der Waals surface area contributed by atoms with E-state index in [1.54, 1.807) is 0 Å². The van der Waals surface area contributed by atoms with Gasteiger partial charge in [0.15, 0.2) is 17.5 Å². The third-order valence-corrected chi connectivity index (χ3v) is 8.65. The van der Waals surface area contributed by atoms with Gasteiger partial charge in [-0.3, -0.25) is 0 Å². The number of hydrogen-bond donors (Lipinski definition) is 0. The highest BCUT2D eigenvalue weighted by atomic mass is 16.3. The molecule has 0 spiro atoms. The molecule has 2 aromatic heterocycles. The third kappa shape index (κ3) is 5.45. The van der Waals surface area contributed by atoms with Crippen LogP contribution < -0.4 is 0 Å². The van der Waals surface area contributed by atoms with Gasteiger partial charge in [-0.15, -0.1) is 0 Å². The van der Waals surface area contributed by atoms with Crippen LogP contribution in [0, 0.1) is 0 Å². The molecule has 0 bridgehead atoms. The second kappa shape index (κ2) is 12.2. The zero-order chi connectivity index (χ0) is 36.9. The molecule has 0 saturated heterocycles. The first-order valence-electron chi connectivity index (χ1n) is 18.4. The van der Waals surface area contributed by atoms with E-state index in [4.69, 9.17) is 26.2 Å². The van der Waals surface area contributed by atoms with E-state index in [2.05, 4.69) is 42.5 Å². The molecule has 0 unspecified atom stereocenters.